The third-order valence-corrected chi connectivity index (χ3v) is 6.84. The molecule has 32 heavy (non-hydrogen) atoms. The maximum absolute atomic E-state index is 13.2. The fourth-order valence-electron chi connectivity index (χ4n) is 5.45. The number of fused-ring (bicyclic) bond motifs is 5. The van der Waals surface area contributed by atoms with Crippen molar-refractivity contribution in [2.45, 2.75) is 43.3 Å². The number of ether oxygens (including phenoxy) is 3. The Morgan fingerprint density at radius 1 is 1.00 bits per heavy atom. The standard InChI is InChI=1S/C25H28N2O5/c1-2-31-23(28)25(26)11-16-13-30-14-17(12-25)27(16)24(29)32-15-22-20-9-5-3-7-18(20)19-8-4-6-10-21(19)22/h3-10,16-17,22H,2,11-15,26H2,1H3. The molecule has 2 saturated heterocycles. The molecule has 2 aliphatic heterocycles. The fraction of sp³-hybridized carbons (Fsp3) is 0.440. The lowest BCUT2D eigenvalue weighted by Crippen LogP contribution is -2.68. The van der Waals surface area contributed by atoms with Crippen molar-refractivity contribution < 1.29 is 23.8 Å². The highest BCUT2D eigenvalue weighted by atomic mass is 16.6. The van der Waals surface area contributed by atoms with E-state index in [1.54, 1.807) is 11.8 Å². The number of hydrogen-bond acceptors (Lipinski definition) is 6. The van der Waals surface area contributed by atoms with Crippen LogP contribution in [-0.4, -0.2) is 61.0 Å². The molecular weight excluding hydrogens is 408 g/mol. The zero-order valence-electron chi connectivity index (χ0n) is 18.2. The van der Waals surface area contributed by atoms with Crippen LogP contribution in [-0.2, 0) is 19.0 Å². The summed E-state index contributed by atoms with van der Waals surface area (Å²) in [7, 11) is 0. The van der Waals surface area contributed by atoms with Crippen molar-refractivity contribution in [1.29, 1.82) is 0 Å². The van der Waals surface area contributed by atoms with E-state index >= 15 is 0 Å². The molecule has 0 saturated carbocycles. The van der Waals surface area contributed by atoms with Crippen molar-refractivity contribution in [3.8, 4) is 11.1 Å². The molecule has 7 nitrogen and oxygen atoms in total. The van der Waals surface area contributed by atoms with Crippen LogP contribution in [0.4, 0.5) is 4.79 Å². The summed E-state index contributed by atoms with van der Waals surface area (Å²) in [6.45, 7) is 2.96. The molecule has 2 aromatic carbocycles. The van der Waals surface area contributed by atoms with Crippen LogP contribution in [0.2, 0.25) is 0 Å². The number of piperidine rings is 1. The minimum atomic E-state index is -1.10. The zero-order chi connectivity index (χ0) is 22.3. The Balaban J connectivity index is 1.32. The molecule has 2 atom stereocenters. The van der Waals surface area contributed by atoms with Gasteiger partial charge in [-0.15, -0.1) is 0 Å². The van der Waals surface area contributed by atoms with E-state index < -0.39 is 11.5 Å². The first kappa shape index (κ1) is 21.0. The van der Waals surface area contributed by atoms with Crippen LogP contribution < -0.4 is 5.73 Å². The Bertz CT molecular complexity index is 979. The smallest absolute Gasteiger partial charge is 0.410 e. The lowest BCUT2D eigenvalue weighted by Gasteiger charge is -2.50. The van der Waals surface area contributed by atoms with Crippen LogP contribution in [0.15, 0.2) is 48.5 Å². The van der Waals surface area contributed by atoms with Crippen molar-refractivity contribution in [3.63, 3.8) is 0 Å². The summed E-state index contributed by atoms with van der Waals surface area (Å²) in [4.78, 5) is 27.4. The van der Waals surface area contributed by atoms with Gasteiger partial charge >= 0.3 is 12.1 Å². The van der Waals surface area contributed by atoms with Gasteiger partial charge in [-0.1, -0.05) is 48.5 Å². The van der Waals surface area contributed by atoms with Crippen molar-refractivity contribution in [2.24, 2.45) is 5.73 Å². The average Bonchev–Trinajstić information content (AvgIpc) is 3.11. The van der Waals surface area contributed by atoms with Gasteiger partial charge in [-0.2, -0.15) is 0 Å². The number of benzene rings is 2. The molecule has 0 aromatic heterocycles. The average molecular weight is 437 g/mol. The summed E-state index contributed by atoms with van der Waals surface area (Å²) in [5, 5.41) is 0. The molecule has 0 spiro atoms. The lowest BCUT2D eigenvalue weighted by atomic mass is 9.79. The molecule has 2 aromatic rings. The highest BCUT2D eigenvalue weighted by Gasteiger charge is 2.52. The molecule has 2 bridgehead atoms. The van der Waals surface area contributed by atoms with Crippen LogP contribution in [0.25, 0.3) is 11.1 Å². The van der Waals surface area contributed by atoms with E-state index in [4.69, 9.17) is 19.9 Å². The first-order valence-corrected chi connectivity index (χ1v) is 11.2. The van der Waals surface area contributed by atoms with E-state index in [-0.39, 0.29) is 37.3 Å². The van der Waals surface area contributed by atoms with Gasteiger partial charge in [-0.05, 0) is 42.0 Å². The number of rotatable bonds is 4. The third kappa shape index (κ3) is 3.45. The number of nitrogens with two attached hydrogens (primary N) is 1. The normalized spacial score (nSPS) is 26.2. The second kappa shape index (κ2) is 8.22. The van der Waals surface area contributed by atoms with Crippen molar-refractivity contribution in [1.82, 2.24) is 4.90 Å². The summed E-state index contributed by atoms with van der Waals surface area (Å²) in [6, 6.07) is 15.9. The highest BCUT2D eigenvalue weighted by Crippen LogP contribution is 2.44. The number of nitrogens with zero attached hydrogens (tertiary/aromatic N) is 1. The van der Waals surface area contributed by atoms with Gasteiger partial charge in [0.25, 0.3) is 0 Å². The van der Waals surface area contributed by atoms with Crippen molar-refractivity contribution in [2.75, 3.05) is 26.4 Å². The molecule has 2 unspecified atom stereocenters. The van der Waals surface area contributed by atoms with Crippen LogP contribution in [0, 0.1) is 0 Å². The van der Waals surface area contributed by atoms with Gasteiger partial charge in [0, 0.05) is 5.92 Å². The van der Waals surface area contributed by atoms with Crippen molar-refractivity contribution >= 4 is 12.1 Å². The number of carbonyl (C=O) groups excluding carboxylic acids is 2. The number of hydrogen-bond donors (Lipinski definition) is 1. The monoisotopic (exact) mass is 436 g/mol. The number of carbonyl (C=O) groups is 2. The predicted molar refractivity (Wildman–Crippen MR) is 118 cm³/mol. The van der Waals surface area contributed by atoms with Gasteiger partial charge in [-0.3, -0.25) is 9.69 Å². The first-order chi connectivity index (χ1) is 15.5. The molecule has 2 N–H and O–H groups in total. The van der Waals surface area contributed by atoms with Crippen LogP contribution in [0.1, 0.15) is 36.8 Å². The van der Waals surface area contributed by atoms with Gasteiger partial charge in [0.1, 0.15) is 12.1 Å². The molecule has 2 heterocycles. The quantitative estimate of drug-likeness (QED) is 0.741. The van der Waals surface area contributed by atoms with E-state index in [9.17, 15) is 9.59 Å². The van der Waals surface area contributed by atoms with E-state index in [0.29, 0.717) is 26.1 Å². The first-order valence-electron chi connectivity index (χ1n) is 11.2. The molecule has 3 aliphatic rings. The lowest BCUT2D eigenvalue weighted by molar-refractivity contribution is -0.158. The van der Waals surface area contributed by atoms with Gasteiger partial charge in [0.05, 0.1) is 31.9 Å². The predicted octanol–water partition coefficient (Wildman–Crippen LogP) is 3.06. The number of amides is 1. The molecule has 0 radical (unpaired) electrons. The van der Waals surface area contributed by atoms with E-state index in [2.05, 4.69) is 24.3 Å². The summed E-state index contributed by atoms with van der Waals surface area (Å²) >= 11 is 0. The van der Waals surface area contributed by atoms with Crippen LogP contribution in [0.5, 0.6) is 0 Å². The van der Waals surface area contributed by atoms with E-state index in [1.807, 2.05) is 24.3 Å². The van der Waals surface area contributed by atoms with E-state index in [0.717, 1.165) is 0 Å². The number of morpholine rings is 1. The summed E-state index contributed by atoms with van der Waals surface area (Å²) < 4.78 is 16.7. The molecule has 5 rings (SSSR count). The maximum Gasteiger partial charge on any atom is 0.410 e. The molecule has 168 valence electrons. The molecular formula is C25H28N2O5. The Morgan fingerprint density at radius 3 is 2.12 bits per heavy atom. The topological polar surface area (TPSA) is 91.1 Å². The van der Waals surface area contributed by atoms with Gasteiger partial charge in [0.15, 0.2) is 0 Å². The molecule has 7 heteroatoms. The Kier molecular flexibility index (Phi) is 5.39. The highest BCUT2D eigenvalue weighted by molar-refractivity contribution is 5.82. The van der Waals surface area contributed by atoms with Gasteiger partial charge in [0.2, 0.25) is 0 Å². The Labute approximate surface area is 187 Å². The summed E-state index contributed by atoms with van der Waals surface area (Å²) in [5.41, 5.74) is 10.0. The largest absolute Gasteiger partial charge is 0.465 e. The minimum absolute atomic E-state index is 0.000335. The second-order valence-electron chi connectivity index (χ2n) is 8.84. The third-order valence-electron chi connectivity index (χ3n) is 6.84. The van der Waals surface area contributed by atoms with E-state index in [1.165, 1.54) is 22.3 Å². The van der Waals surface area contributed by atoms with Gasteiger partial charge in [-0.25, -0.2) is 4.79 Å². The van der Waals surface area contributed by atoms with Crippen molar-refractivity contribution in [3.05, 3.63) is 59.7 Å². The molecule has 1 amide bonds. The zero-order valence-corrected chi connectivity index (χ0v) is 18.2. The van der Waals surface area contributed by atoms with Crippen LogP contribution >= 0.6 is 0 Å². The SMILES string of the molecule is CCOC(=O)C1(N)CC2COCC(C1)N2C(=O)OCC1c2ccccc2-c2ccccc21. The minimum Gasteiger partial charge on any atom is -0.465 e. The van der Waals surface area contributed by atoms with Gasteiger partial charge < -0.3 is 19.9 Å². The van der Waals surface area contributed by atoms with Crippen LogP contribution in [0.3, 0.4) is 0 Å². The molecule has 1 aliphatic carbocycles. The summed E-state index contributed by atoms with van der Waals surface area (Å²) in [5.74, 6) is -0.413. The Hall–Kier alpha value is -2.90. The second-order valence-corrected chi connectivity index (χ2v) is 8.84. The number of esters is 1. The molecule has 2 fully saturated rings. The summed E-state index contributed by atoms with van der Waals surface area (Å²) in [6.07, 6.45) is 0.218. The Morgan fingerprint density at radius 2 is 1.56 bits per heavy atom. The fourth-order valence-corrected chi connectivity index (χ4v) is 5.45. The maximum atomic E-state index is 13.2.